The van der Waals surface area contributed by atoms with E-state index in [-0.39, 0.29) is 18.3 Å². The van der Waals surface area contributed by atoms with Crippen LogP contribution in [0.5, 0.6) is 0 Å². The van der Waals surface area contributed by atoms with Crippen LogP contribution in [0, 0.1) is 0 Å². The summed E-state index contributed by atoms with van der Waals surface area (Å²) >= 11 is 0. The summed E-state index contributed by atoms with van der Waals surface area (Å²) in [6.45, 7) is 3.57. The minimum atomic E-state index is -0.444. The third-order valence-corrected chi connectivity index (χ3v) is 1.36. The maximum absolute atomic E-state index is 10.4. The van der Waals surface area contributed by atoms with Crippen LogP contribution in [0.4, 0.5) is 0 Å². The van der Waals surface area contributed by atoms with E-state index in [1.165, 1.54) is 0 Å². The maximum atomic E-state index is 10.4. The van der Waals surface area contributed by atoms with Gasteiger partial charge in [0.05, 0.1) is 7.05 Å². The highest BCUT2D eigenvalue weighted by molar-refractivity contribution is 5.81. The lowest BCUT2D eigenvalue weighted by molar-refractivity contribution is -0.680. The van der Waals surface area contributed by atoms with E-state index < -0.39 is 5.54 Å². The van der Waals surface area contributed by atoms with Crippen molar-refractivity contribution in [2.24, 2.45) is 5.73 Å². The van der Waals surface area contributed by atoms with Crippen LogP contribution in [0.15, 0.2) is 0 Å². The highest BCUT2D eigenvalue weighted by Gasteiger charge is 2.25. The summed E-state index contributed by atoms with van der Waals surface area (Å²) in [6, 6.07) is 0. The van der Waals surface area contributed by atoms with Crippen molar-refractivity contribution in [2.75, 3.05) is 7.05 Å². The van der Waals surface area contributed by atoms with E-state index in [9.17, 15) is 4.79 Å². The van der Waals surface area contributed by atoms with Gasteiger partial charge in [-0.3, -0.25) is 4.79 Å². The third-order valence-electron chi connectivity index (χ3n) is 1.36. The molecule has 0 saturated carbocycles. The summed E-state index contributed by atoms with van der Waals surface area (Å²) in [5, 5.41) is 1.79. The Morgan fingerprint density at radius 1 is 1.56 bits per heavy atom. The summed E-state index contributed by atoms with van der Waals surface area (Å²) < 4.78 is 0. The Bertz CT molecular complexity index is 103. The molecule has 0 aliphatic heterocycles. The molecule has 3 nitrogen and oxygen atoms in total. The van der Waals surface area contributed by atoms with Gasteiger partial charge in [-0.15, -0.1) is 0 Å². The van der Waals surface area contributed by atoms with E-state index in [0.717, 1.165) is 0 Å². The van der Waals surface area contributed by atoms with Crippen molar-refractivity contribution in [3.8, 4) is 0 Å². The minimum Gasteiger partial charge on any atom is -1.00 e. The average Bonchev–Trinajstić information content (AvgIpc) is 1.67. The van der Waals surface area contributed by atoms with Gasteiger partial charge < -0.3 is 23.5 Å². The van der Waals surface area contributed by atoms with Crippen LogP contribution in [-0.4, -0.2) is 18.5 Å². The van der Waals surface area contributed by atoms with Crippen molar-refractivity contribution in [3.05, 3.63) is 0 Å². The quantitative estimate of drug-likeness (QED) is 0.412. The zero-order chi connectivity index (χ0) is 6.78. The maximum Gasteiger partial charge on any atom is 0.278 e. The van der Waals surface area contributed by atoms with Gasteiger partial charge in [-0.1, -0.05) is 0 Å². The van der Waals surface area contributed by atoms with Crippen LogP contribution in [0.2, 0.25) is 0 Å². The summed E-state index contributed by atoms with van der Waals surface area (Å²) in [6.07, 6.45) is 0. The molecule has 0 unspecified atom stereocenters. The number of rotatable bonds is 2. The number of carbonyl (C=O) groups excluding carboxylic acids is 1. The first-order chi connectivity index (χ1) is 3.50. The Morgan fingerprint density at radius 2 is 1.89 bits per heavy atom. The lowest BCUT2D eigenvalue weighted by Gasteiger charge is -2.14. The molecule has 0 fully saturated rings. The molecule has 0 rings (SSSR count). The molecule has 4 N–H and O–H groups in total. The molecule has 0 spiro atoms. The Labute approximate surface area is 61.4 Å². The highest BCUT2D eigenvalue weighted by atomic mass is 35.5. The van der Waals surface area contributed by atoms with Gasteiger partial charge >= 0.3 is 0 Å². The Balaban J connectivity index is 0. The topological polar surface area (TPSA) is 59.7 Å². The Kier molecular flexibility index (Phi) is 4.72. The normalized spacial score (nSPS) is 10.1. The Morgan fingerprint density at radius 3 is 1.89 bits per heavy atom. The summed E-state index contributed by atoms with van der Waals surface area (Å²) in [5.41, 5.74) is 4.57. The van der Waals surface area contributed by atoms with Gasteiger partial charge in [0, 0.05) is 0 Å². The zero-order valence-corrected chi connectivity index (χ0v) is 6.70. The van der Waals surface area contributed by atoms with E-state index in [0.29, 0.717) is 0 Å². The molecule has 1 amide bonds. The fourth-order valence-electron chi connectivity index (χ4n) is 0.142. The van der Waals surface area contributed by atoms with Crippen molar-refractivity contribution < 1.29 is 22.5 Å². The predicted octanol–water partition coefficient (Wildman–Crippen LogP) is -4.55. The standard InChI is InChI=1S/C5H12N2O.ClH/c1-5(2,7-3)4(6)8;/h7H,1-3H3,(H2,6,8);1H. The molecular formula is C5H13ClN2O. The number of halogens is 1. The van der Waals surface area contributed by atoms with Gasteiger partial charge in [-0.25, -0.2) is 0 Å². The number of quaternary nitrogens is 1. The smallest absolute Gasteiger partial charge is 0.278 e. The largest absolute Gasteiger partial charge is 1.00 e. The van der Waals surface area contributed by atoms with Crippen LogP contribution < -0.4 is 23.5 Å². The number of primary amides is 1. The van der Waals surface area contributed by atoms with Crippen LogP contribution in [0.1, 0.15) is 13.8 Å². The minimum absolute atomic E-state index is 0. The molecule has 56 valence electrons. The van der Waals surface area contributed by atoms with Gasteiger partial charge in [0.2, 0.25) is 0 Å². The van der Waals surface area contributed by atoms with E-state index in [1.807, 2.05) is 7.05 Å². The van der Waals surface area contributed by atoms with Crippen molar-refractivity contribution in [2.45, 2.75) is 19.4 Å². The molecule has 4 heteroatoms. The Hall–Kier alpha value is -0.280. The van der Waals surface area contributed by atoms with Gasteiger partial charge in [-0.05, 0) is 13.8 Å². The molecule has 0 bridgehead atoms. The molecule has 0 heterocycles. The molecule has 0 aromatic rings. The summed E-state index contributed by atoms with van der Waals surface area (Å²) in [4.78, 5) is 10.4. The molecule has 0 aromatic carbocycles. The second-order valence-corrected chi connectivity index (χ2v) is 2.37. The number of amides is 1. The number of nitrogens with two attached hydrogens (primary N) is 2. The molecule has 0 saturated heterocycles. The first-order valence-corrected chi connectivity index (χ1v) is 2.61. The fourth-order valence-corrected chi connectivity index (χ4v) is 0.142. The second kappa shape index (κ2) is 3.69. The lowest BCUT2D eigenvalue weighted by Crippen LogP contribution is -3.00. The number of likely N-dealkylation sites (N-methyl/N-ethyl adjacent to an activating group) is 1. The molecule has 0 atom stereocenters. The van der Waals surface area contributed by atoms with Crippen molar-refractivity contribution in [1.82, 2.24) is 0 Å². The van der Waals surface area contributed by atoms with Crippen molar-refractivity contribution in [3.63, 3.8) is 0 Å². The number of hydrogen-bond donors (Lipinski definition) is 2. The first kappa shape index (κ1) is 11.5. The second-order valence-electron chi connectivity index (χ2n) is 2.37. The predicted molar refractivity (Wildman–Crippen MR) is 31.1 cm³/mol. The molecule has 9 heavy (non-hydrogen) atoms. The zero-order valence-electron chi connectivity index (χ0n) is 5.94. The monoisotopic (exact) mass is 152 g/mol. The van der Waals surface area contributed by atoms with Gasteiger partial charge in [-0.2, -0.15) is 0 Å². The molecular weight excluding hydrogens is 140 g/mol. The van der Waals surface area contributed by atoms with Gasteiger partial charge in [0.15, 0.2) is 5.54 Å². The summed E-state index contributed by atoms with van der Waals surface area (Å²) in [7, 11) is 1.82. The summed E-state index contributed by atoms with van der Waals surface area (Å²) in [5.74, 6) is -0.278. The van der Waals surface area contributed by atoms with Gasteiger partial charge in [0.25, 0.3) is 5.91 Å². The van der Waals surface area contributed by atoms with E-state index in [4.69, 9.17) is 5.73 Å². The van der Waals surface area contributed by atoms with E-state index in [2.05, 4.69) is 0 Å². The number of carbonyl (C=O) groups is 1. The molecule has 0 aromatic heterocycles. The molecule has 0 radical (unpaired) electrons. The van der Waals surface area contributed by atoms with Crippen LogP contribution in [-0.2, 0) is 4.79 Å². The average molecular weight is 153 g/mol. The van der Waals surface area contributed by atoms with Gasteiger partial charge in [0.1, 0.15) is 0 Å². The third kappa shape index (κ3) is 3.32. The van der Waals surface area contributed by atoms with Crippen LogP contribution in [0.3, 0.4) is 0 Å². The fraction of sp³-hybridized carbons (Fsp3) is 0.800. The highest BCUT2D eigenvalue weighted by Crippen LogP contribution is 1.88. The molecule has 0 aliphatic rings. The van der Waals surface area contributed by atoms with Crippen molar-refractivity contribution in [1.29, 1.82) is 0 Å². The van der Waals surface area contributed by atoms with Crippen LogP contribution >= 0.6 is 0 Å². The van der Waals surface area contributed by atoms with E-state index in [1.54, 1.807) is 19.2 Å². The van der Waals surface area contributed by atoms with Crippen LogP contribution in [0.25, 0.3) is 0 Å². The SMILES string of the molecule is C[NH2+]C(C)(C)C(N)=O.[Cl-]. The van der Waals surface area contributed by atoms with E-state index >= 15 is 0 Å². The molecule has 0 aliphatic carbocycles. The van der Waals surface area contributed by atoms with Crippen molar-refractivity contribution >= 4 is 5.91 Å². The first-order valence-electron chi connectivity index (χ1n) is 2.61. The lowest BCUT2D eigenvalue weighted by atomic mass is 10.1. The number of hydrogen-bond acceptors (Lipinski definition) is 1.